The molecular formula is C14H9N3O5. The molecular weight excluding hydrogens is 290 g/mol. The lowest BCUT2D eigenvalue weighted by atomic mass is 10.1. The van der Waals surface area contributed by atoms with Gasteiger partial charge in [0.25, 0.3) is 17.4 Å². The molecule has 1 aliphatic heterocycles. The van der Waals surface area contributed by atoms with E-state index in [1.807, 2.05) is 0 Å². The zero-order valence-electron chi connectivity index (χ0n) is 11.1. The molecule has 1 aromatic heterocycles. The number of aromatic nitrogens is 2. The van der Waals surface area contributed by atoms with Gasteiger partial charge < -0.3 is 10.1 Å². The summed E-state index contributed by atoms with van der Waals surface area (Å²) >= 11 is 0. The molecule has 1 aromatic carbocycles. The molecule has 2 N–H and O–H groups in total. The molecule has 0 radical (unpaired) electrons. The Labute approximate surface area is 123 Å². The number of carbonyl (C=O) groups excluding carboxylic acids is 2. The number of fused-ring (bicyclic) bond motifs is 1. The summed E-state index contributed by atoms with van der Waals surface area (Å²) in [5.74, 6) is -2.33. The quantitative estimate of drug-likeness (QED) is 0.784. The Hall–Kier alpha value is -3.29. The van der Waals surface area contributed by atoms with Gasteiger partial charge in [0.1, 0.15) is 11.4 Å². The van der Waals surface area contributed by atoms with E-state index >= 15 is 0 Å². The fourth-order valence-electron chi connectivity index (χ4n) is 2.20. The van der Waals surface area contributed by atoms with Crippen LogP contribution in [0.5, 0.6) is 0 Å². The van der Waals surface area contributed by atoms with Crippen molar-refractivity contribution in [2.45, 2.75) is 6.54 Å². The van der Waals surface area contributed by atoms with Gasteiger partial charge in [0.2, 0.25) is 0 Å². The number of hydrogen-bond acceptors (Lipinski definition) is 5. The molecule has 0 fully saturated rings. The first-order chi connectivity index (χ1) is 10.5. The number of carboxylic acids is 1. The summed E-state index contributed by atoms with van der Waals surface area (Å²) in [5, 5.41) is 8.76. The summed E-state index contributed by atoms with van der Waals surface area (Å²) in [6.45, 7) is -0.235. The summed E-state index contributed by atoms with van der Waals surface area (Å²) in [5.41, 5.74) is -0.769. The van der Waals surface area contributed by atoms with Crippen molar-refractivity contribution in [3.05, 3.63) is 63.3 Å². The highest BCUT2D eigenvalue weighted by molar-refractivity contribution is 6.21. The molecule has 0 bridgehead atoms. The predicted octanol–water partition coefficient (Wildman–Crippen LogP) is 0.264. The molecule has 22 heavy (non-hydrogen) atoms. The lowest BCUT2D eigenvalue weighted by Crippen LogP contribution is -2.31. The third-order valence-electron chi connectivity index (χ3n) is 3.27. The number of nitrogens with one attached hydrogen (secondary N) is 1. The van der Waals surface area contributed by atoms with Crippen LogP contribution in [-0.2, 0) is 6.54 Å². The van der Waals surface area contributed by atoms with Crippen molar-refractivity contribution in [1.29, 1.82) is 0 Å². The topological polar surface area (TPSA) is 120 Å². The average molecular weight is 299 g/mol. The van der Waals surface area contributed by atoms with Crippen molar-refractivity contribution < 1.29 is 19.5 Å². The second kappa shape index (κ2) is 4.92. The van der Waals surface area contributed by atoms with E-state index in [2.05, 4.69) is 9.97 Å². The molecule has 0 spiro atoms. The third-order valence-corrected chi connectivity index (χ3v) is 3.27. The highest BCUT2D eigenvalue weighted by atomic mass is 16.4. The molecule has 0 unspecified atom stereocenters. The molecule has 2 heterocycles. The first-order valence-electron chi connectivity index (χ1n) is 6.25. The summed E-state index contributed by atoms with van der Waals surface area (Å²) in [6.07, 6.45) is 0.897. The van der Waals surface area contributed by atoms with E-state index in [0.29, 0.717) is 0 Å². The van der Waals surface area contributed by atoms with E-state index in [-0.39, 0.29) is 23.5 Å². The lowest BCUT2D eigenvalue weighted by Gasteiger charge is -2.12. The van der Waals surface area contributed by atoms with Crippen LogP contribution in [-0.4, -0.2) is 37.8 Å². The van der Waals surface area contributed by atoms with Crippen LogP contribution in [0.25, 0.3) is 0 Å². The Balaban J connectivity index is 1.91. The number of rotatable bonds is 3. The SMILES string of the molecule is O=C(O)c1cnc(CN2C(=O)c3ccccc3C2=O)[nH]c1=O. The largest absolute Gasteiger partial charge is 0.477 e. The minimum absolute atomic E-state index is 0.0320. The maximum Gasteiger partial charge on any atom is 0.342 e. The van der Waals surface area contributed by atoms with Crippen LogP contribution < -0.4 is 5.56 Å². The minimum atomic E-state index is -1.40. The zero-order valence-corrected chi connectivity index (χ0v) is 11.1. The van der Waals surface area contributed by atoms with E-state index in [0.717, 1.165) is 11.1 Å². The number of carboxylic acid groups (broad SMARTS) is 1. The van der Waals surface area contributed by atoms with Crippen molar-refractivity contribution in [3.8, 4) is 0 Å². The molecule has 110 valence electrons. The number of aromatic amines is 1. The van der Waals surface area contributed by atoms with Crippen molar-refractivity contribution in [2.75, 3.05) is 0 Å². The van der Waals surface area contributed by atoms with Gasteiger partial charge in [-0.05, 0) is 12.1 Å². The van der Waals surface area contributed by atoms with Gasteiger partial charge in [-0.3, -0.25) is 19.3 Å². The zero-order chi connectivity index (χ0) is 15.9. The Morgan fingerprint density at radius 3 is 2.23 bits per heavy atom. The van der Waals surface area contributed by atoms with Gasteiger partial charge in [0, 0.05) is 6.20 Å². The minimum Gasteiger partial charge on any atom is -0.477 e. The Kier molecular flexibility index (Phi) is 3.06. The summed E-state index contributed by atoms with van der Waals surface area (Å²) in [4.78, 5) is 53.6. The monoisotopic (exact) mass is 299 g/mol. The van der Waals surface area contributed by atoms with E-state index in [1.165, 1.54) is 0 Å². The normalized spacial score (nSPS) is 13.4. The summed E-state index contributed by atoms with van der Waals surface area (Å²) < 4.78 is 0. The van der Waals surface area contributed by atoms with Crippen molar-refractivity contribution in [2.24, 2.45) is 0 Å². The van der Waals surface area contributed by atoms with E-state index in [4.69, 9.17) is 5.11 Å². The van der Waals surface area contributed by atoms with Crippen molar-refractivity contribution in [3.63, 3.8) is 0 Å². The van der Waals surface area contributed by atoms with E-state index in [9.17, 15) is 19.2 Å². The molecule has 2 aromatic rings. The number of hydrogen-bond donors (Lipinski definition) is 2. The summed E-state index contributed by atoms with van der Waals surface area (Å²) in [7, 11) is 0. The number of amides is 2. The molecule has 0 aliphatic carbocycles. The molecule has 0 atom stereocenters. The number of imide groups is 1. The number of benzene rings is 1. The standard InChI is InChI=1S/C14H9N3O5/c18-11-9(14(21)22)5-15-10(16-11)6-17-12(19)7-3-1-2-4-8(7)13(17)20/h1-5H,6H2,(H,21,22)(H,15,16,18). The van der Waals surface area contributed by atoms with Crippen LogP contribution in [0.2, 0.25) is 0 Å². The Morgan fingerprint density at radius 1 is 1.14 bits per heavy atom. The average Bonchev–Trinajstić information content (AvgIpc) is 2.73. The number of H-pyrrole nitrogens is 1. The lowest BCUT2D eigenvalue weighted by molar-refractivity contribution is 0.0633. The molecule has 1 aliphatic rings. The van der Waals surface area contributed by atoms with E-state index < -0.39 is 28.9 Å². The van der Waals surface area contributed by atoms with Crippen LogP contribution in [0.4, 0.5) is 0 Å². The maximum absolute atomic E-state index is 12.2. The maximum atomic E-state index is 12.2. The highest BCUT2D eigenvalue weighted by Gasteiger charge is 2.35. The van der Waals surface area contributed by atoms with Gasteiger partial charge in [0.15, 0.2) is 0 Å². The van der Waals surface area contributed by atoms with Crippen LogP contribution in [0.3, 0.4) is 0 Å². The van der Waals surface area contributed by atoms with Gasteiger partial charge in [-0.1, -0.05) is 12.1 Å². The second-order valence-electron chi connectivity index (χ2n) is 4.62. The second-order valence-corrected chi connectivity index (χ2v) is 4.62. The van der Waals surface area contributed by atoms with Gasteiger partial charge >= 0.3 is 5.97 Å². The van der Waals surface area contributed by atoms with Gasteiger partial charge in [-0.2, -0.15) is 0 Å². The summed E-state index contributed by atoms with van der Waals surface area (Å²) in [6, 6.07) is 6.38. The van der Waals surface area contributed by atoms with Crippen molar-refractivity contribution in [1.82, 2.24) is 14.9 Å². The molecule has 8 heteroatoms. The number of carbonyl (C=O) groups is 3. The first-order valence-corrected chi connectivity index (χ1v) is 6.25. The van der Waals surface area contributed by atoms with Crippen LogP contribution >= 0.6 is 0 Å². The molecule has 0 saturated heterocycles. The Morgan fingerprint density at radius 2 is 1.73 bits per heavy atom. The van der Waals surface area contributed by atoms with Gasteiger partial charge in [0.05, 0.1) is 17.7 Å². The van der Waals surface area contributed by atoms with E-state index in [1.54, 1.807) is 24.3 Å². The molecule has 2 amide bonds. The fourth-order valence-corrected chi connectivity index (χ4v) is 2.20. The van der Waals surface area contributed by atoms with Crippen LogP contribution in [0, 0.1) is 0 Å². The molecule has 0 saturated carbocycles. The number of aromatic carboxylic acids is 1. The van der Waals surface area contributed by atoms with Crippen LogP contribution in [0.15, 0.2) is 35.3 Å². The van der Waals surface area contributed by atoms with Crippen molar-refractivity contribution >= 4 is 17.8 Å². The number of nitrogens with zero attached hydrogens (tertiary/aromatic N) is 2. The van der Waals surface area contributed by atoms with Gasteiger partial charge in [-0.25, -0.2) is 9.78 Å². The smallest absolute Gasteiger partial charge is 0.342 e. The predicted molar refractivity (Wildman–Crippen MR) is 72.5 cm³/mol. The third kappa shape index (κ3) is 2.06. The Bertz CT molecular complexity index is 836. The van der Waals surface area contributed by atoms with Gasteiger partial charge in [-0.15, -0.1) is 0 Å². The highest BCUT2D eigenvalue weighted by Crippen LogP contribution is 2.23. The fraction of sp³-hybridized carbons (Fsp3) is 0.0714. The molecule has 3 rings (SSSR count). The van der Waals surface area contributed by atoms with Crippen LogP contribution in [0.1, 0.15) is 36.9 Å². The molecule has 8 nitrogen and oxygen atoms in total. The first kappa shape index (κ1) is 13.7.